The molecule has 0 spiro atoms. The van der Waals surface area contributed by atoms with Gasteiger partial charge in [0.25, 0.3) is 0 Å². The summed E-state index contributed by atoms with van der Waals surface area (Å²) in [5.74, 6) is 0. The van der Waals surface area contributed by atoms with Gasteiger partial charge in [-0.05, 0) is 31.4 Å². The average molecular weight is 172 g/mol. The molecule has 1 aromatic rings. The SMILES string of the molecule is C=CC/C(=C/C)c1ccc(C)cc1. The molecule has 0 radical (unpaired) electrons. The summed E-state index contributed by atoms with van der Waals surface area (Å²) in [4.78, 5) is 0. The van der Waals surface area contributed by atoms with Gasteiger partial charge in [0.05, 0.1) is 0 Å². The third-order valence-corrected chi connectivity index (χ3v) is 2.14. The molecule has 0 aliphatic carbocycles. The standard InChI is InChI=1S/C13H16/c1-4-6-12(5-2)13-9-7-11(3)8-10-13/h4-5,7-10H,1,6H2,2-3H3/b12-5-. The first kappa shape index (κ1) is 9.79. The quantitative estimate of drug-likeness (QED) is 0.605. The van der Waals surface area contributed by atoms with Crippen molar-refractivity contribution in [1.29, 1.82) is 0 Å². The molecule has 1 rings (SSSR count). The Hall–Kier alpha value is -1.30. The molecule has 0 bridgehead atoms. The van der Waals surface area contributed by atoms with Gasteiger partial charge in [0.2, 0.25) is 0 Å². The van der Waals surface area contributed by atoms with E-state index in [0.717, 1.165) is 6.42 Å². The van der Waals surface area contributed by atoms with Gasteiger partial charge in [0.15, 0.2) is 0 Å². The smallest absolute Gasteiger partial charge is 0.00975 e. The highest BCUT2D eigenvalue weighted by atomic mass is 14.0. The largest absolute Gasteiger partial charge is 0.103 e. The minimum absolute atomic E-state index is 0.944. The van der Waals surface area contributed by atoms with Gasteiger partial charge in [-0.1, -0.05) is 42.0 Å². The minimum atomic E-state index is 0.944. The maximum absolute atomic E-state index is 3.75. The van der Waals surface area contributed by atoms with E-state index in [0.29, 0.717) is 0 Å². The second kappa shape index (κ2) is 4.66. The lowest BCUT2D eigenvalue weighted by Crippen LogP contribution is -1.82. The third-order valence-electron chi connectivity index (χ3n) is 2.14. The third kappa shape index (κ3) is 2.59. The monoisotopic (exact) mass is 172 g/mol. The van der Waals surface area contributed by atoms with E-state index in [9.17, 15) is 0 Å². The van der Waals surface area contributed by atoms with Crippen LogP contribution in [-0.4, -0.2) is 0 Å². The van der Waals surface area contributed by atoms with Gasteiger partial charge in [-0.2, -0.15) is 0 Å². The number of hydrogen-bond donors (Lipinski definition) is 0. The molecule has 0 unspecified atom stereocenters. The van der Waals surface area contributed by atoms with Crippen molar-refractivity contribution in [3.8, 4) is 0 Å². The molecule has 0 heterocycles. The lowest BCUT2D eigenvalue weighted by atomic mass is 10.0. The Morgan fingerprint density at radius 2 is 1.92 bits per heavy atom. The summed E-state index contributed by atoms with van der Waals surface area (Å²) < 4.78 is 0. The molecular weight excluding hydrogens is 156 g/mol. The summed E-state index contributed by atoms with van der Waals surface area (Å²) >= 11 is 0. The van der Waals surface area contributed by atoms with Gasteiger partial charge in [-0.25, -0.2) is 0 Å². The Balaban J connectivity index is 2.92. The lowest BCUT2D eigenvalue weighted by Gasteiger charge is -2.04. The molecule has 0 aliphatic rings. The molecule has 0 nitrogen and oxygen atoms in total. The van der Waals surface area contributed by atoms with Crippen LogP contribution in [0.1, 0.15) is 24.5 Å². The fourth-order valence-electron chi connectivity index (χ4n) is 1.33. The predicted molar refractivity (Wildman–Crippen MR) is 59.6 cm³/mol. The molecular formula is C13H16. The van der Waals surface area contributed by atoms with Crippen LogP contribution in [0.4, 0.5) is 0 Å². The first-order valence-corrected chi connectivity index (χ1v) is 4.61. The van der Waals surface area contributed by atoms with Crippen molar-refractivity contribution in [1.82, 2.24) is 0 Å². The molecule has 0 amide bonds. The van der Waals surface area contributed by atoms with Crippen LogP contribution in [0.5, 0.6) is 0 Å². The first-order chi connectivity index (χ1) is 6.27. The zero-order valence-electron chi connectivity index (χ0n) is 8.38. The van der Waals surface area contributed by atoms with E-state index in [2.05, 4.69) is 50.8 Å². The van der Waals surface area contributed by atoms with Crippen LogP contribution in [-0.2, 0) is 0 Å². The second-order valence-corrected chi connectivity index (χ2v) is 3.17. The number of allylic oxidation sites excluding steroid dienone is 3. The molecule has 0 aromatic heterocycles. The first-order valence-electron chi connectivity index (χ1n) is 4.61. The van der Waals surface area contributed by atoms with Crippen molar-refractivity contribution >= 4 is 5.57 Å². The van der Waals surface area contributed by atoms with Gasteiger partial charge in [-0.15, -0.1) is 6.58 Å². The highest BCUT2D eigenvalue weighted by Crippen LogP contribution is 2.18. The Morgan fingerprint density at radius 3 is 2.38 bits per heavy atom. The topological polar surface area (TPSA) is 0 Å². The van der Waals surface area contributed by atoms with Gasteiger partial charge in [-0.3, -0.25) is 0 Å². The fraction of sp³-hybridized carbons (Fsp3) is 0.231. The summed E-state index contributed by atoms with van der Waals surface area (Å²) in [6.07, 6.45) is 5.03. The summed E-state index contributed by atoms with van der Waals surface area (Å²) in [6, 6.07) is 8.60. The molecule has 0 N–H and O–H groups in total. The van der Waals surface area contributed by atoms with Crippen molar-refractivity contribution in [2.75, 3.05) is 0 Å². The zero-order chi connectivity index (χ0) is 9.68. The number of benzene rings is 1. The van der Waals surface area contributed by atoms with Crippen molar-refractivity contribution in [3.63, 3.8) is 0 Å². The molecule has 0 saturated carbocycles. The molecule has 1 aromatic carbocycles. The molecule has 68 valence electrons. The highest BCUT2D eigenvalue weighted by molar-refractivity contribution is 5.66. The van der Waals surface area contributed by atoms with Crippen LogP contribution in [0.25, 0.3) is 5.57 Å². The van der Waals surface area contributed by atoms with Crippen LogP contribution in [0.2, 0.25) is 0 Å². The van der Waals surface area contributed by atoms with Crippen LogP contribution in [0.3, 0.4) is 0 Å². The Kier molecular flexibility index (Phi) is 3.51. The van der Waals surface area contributed by atoms with Crippen LogP contribution in [0.15, 0.2) is 43.0 Å². The van der Waals surface area contributed by atoms with Crippen molar-refractivity contribution in [2.45, 2.75) is 20.3 Å². The van der Waals surface area contributed by atoms with Gasteiger partial charge >= 0.3 is 0 Å². The predicted octanol–water partition coefficient (Wildman–Crippen LogP) is 3.97. The van der Waals surface area contributed by atoms with Crippen LogP contribution in [0, 0.1) is 6.92 Å². The fourth-order valence-corrected chi connectivity index (χ4v) is 1.33. The second-order valence-electron chi connectivity index (χ2n) is 3.17. The zero-order valence-corrected chi connectivity index (χ0v) is 8.38. The number of hydrogen-bond acceptors (Lipinski definition) is 0. The summed E-state index contributed by atoms with van der Waals surface area (Å²) in [6.45, 7) is 7.92. The molecule has 0 atom stereocenters. The lowest BCUT2D eigenvalue weighted by molar-refractivity contribution is 1.37. The van der Waals surface area contributed by atoms with Crippen molar-refractivity contribution in [3.05, 3.63) is 54.1 Å². The Bertz CT molecular complexity index is 301. The van der Waals surface area contributed by atoms with Crippen LogP contribution < -0.4 is 0 Å². The maximum Gasteiger partial charge on any atom is -0.00975 e. The average Bonchev–Trinajstić information content (AvgIpc) is 2.16. The molecule has 13 heavy (non-hydrogen) atoms. The summed E-state index contributed by atoms with van der Waals surface area (Å²) in [5, 5.41) is 0. The van der Waals surface area contributed by atoms with E-state index >= 15 is 0 Å². The van der Waals surface area contributed by atoms with Crippen molar-refractivity contribution in [2.24, 2.45) is 0 Å². The summed E-state index contributed by atoms with van der Waals surface area (Å²) in [7, 11) is 0. The highest BCUT2D eigenvalue weighted by Gasteiger charge is 1.96. The molecule has 0 aliphatic heterocycles. The van der Waals surface area contributed by atoms with Gasteiger partial charge < -0.3 is 0 Å². The molecule has 0 fully saturated rings. The van der Waals surface area contributed by atoms with Gasteiger partial charge in [0.1, 0.15) is 0 Å². The number of aryl methyl sites for hydroxylation is 1. The molecule has 0 heteroatoms. The normalized spacial score (nSPS) is 11.4. The maximum atomic E-state index is 3.75. The Morgan fingerprint density at radius 1 is 1.31 bits per heavy atom. The van der Waals surface area contributed by atoms with Crippen LogP contribution >= 0.6 is 0 Å². The number of rotatable bonds is 3. The van der Waals surface area contributed by atoms with E-state index in [1.54, 1.807) is 0 Å². The van der Waals surface area contributed by atoms with Crippen molar-refractivity contribution < 1.29 is 0 Å². The Labute approximate surface area is 80.6 Å². The van der Waals surface area contributed by atoms with E-state index < -0.39 is 0 Å². The van der Waals surface area contributed by atoms with Gasteiger partial charge in [0, 0.05) is 0 Å². The summed E-state index contributed by atoms with van der Waals surface area (Å²) in [5.41, 5.74) is 3.95. The van der Waals surface area contributed by atoms with E-state index in [-0.39, 0.29) is 0 Å². The molecule has 0 saturated heterocycles. The van der Waals surface area contributed by atoms with E-state index in [1.165, 1.54) is 16.7 Å². The van der Waals surface area contributed by atoms with E-state index in [1.807, 2.05) is 6.08 Å². The van der Waals surface area contributed by atoms with E-state index in [4.69, 9.17) is 0 Å². The minimum Gasteiger partial charge on any atom is -0.103 e.